The minimum absolute atomic E-state index is 0.399. The average molecular weight is 203 g/mol. The number of benzene rings is 1. The maximum absolute atomic E-state index is 10.5. The molecule has 0 radical (unpaired) electrons. The lowest BCUT2D eigenvalue weighted by molar-refractivity contribution is 0.211. The Morgan fingerprint density at radius 1 is 1.27 bits per heavy atom. The van der Waals surface area contributed by atoms with E-state index in [9.17, 15) is 4.79 Å². The minimum atomic E-state index is -0.827. The first-order valence-corrected chi connectivity index (χ1v) is 4.37. The van der Waals surface area contributed by atoms with E-state index < -0.39 is 6.09 Å². The molecule has 0 atom stereocenters. The van der Waals surface area contributed by atoms with E-state index in [-0.39, 0.29) is 0 Å². The van der Waals surface area contributed by atoms with Crippen molar-refractivity contribution in [3.05, 3.63) is 42.7 Å². The van der Waals surface area contributed by atoms with E-state index in [1.54, 1.807) is 30.5 Å². The summed E-state index contributed by atoms with van der Waals surface area (Å²) in [6.07, 6.45) is 0.753. The molecule has 1 aromatic heterocycles. The van der Waals surface area contributed by atoms with Gasteiger partial charge in [0.15, 0.2) is 0 Å². The van der Waals surface area contributed by atoms with Crippen LogP contribution in [0.3, 0.4) is 0 Å². The number of rotatable bonds is 2. The third-order valence-corrected chi connectivity index (χ3v) is 1.86. The number of hydrogen-bond donors (Lipinski definition) is 1. The number of primary amides is 1. The van der Waals surface area contributed by atoms with Crippen LogP contribution in [0.5, 0.6) is 5.75 Å². The molecule has 2 N–H and O–H groups in total. The fourth-order valence-corrected chi connectivity index (χ4v) is 1.27. The van der Waals surface area contributed by atoms with Gasteiger partial charge in [-0.1, -0.05) is 12.1 Å². The van der Waals surface area contributed by atoms with Gasteiger partial charge in [-0.15, -0.1) is 0 Å². The number of amides is 1. The Bertz CT molecular complexity index is 462. The van der Waals surface area contributed by atoms with Gasteiger partial charge in [-0.3, -0.25) is 0 Å². The molecule has 4 nitrogen and oxygen atoms in total. The molecule has 0 spiro atoms. The summed E-state index contributed by atoms with van der Waals surface area (Å²) in [4.78, 5) is 10.5. The van der Waals surface area contributed by atoms with Gasteiger partial charge in [0.25, 0.3) is 0 Å². The largest absolute Gasteiger partial charge is 0.464 e. The van der Waals surface area contributed by atoms with Gasteiger partial charge in [0.1, 0.15) is 11.5 Å². The van der Waals surface area contributed by atoms with Gasteiger partial charge in [-0.05, 0) is 24.3 Å². The van der Waals surface area contributed by atoms with E-state index >= 15 is 0 Å². The molecule has 0 saturated carbocycles. The molecule has 0 saturated heterocycles. The Balaban J connectivity index is 2.31. The maximum atomic E-state index is 10.5. The van der Waals surface area contributed by atoms with Crippen molar-refractivity contribution in [2.75, 3.05) is 0 Å². The molecule has 0 aliphatic heterocycles. The van der Waals surface area contributed by atoms with Gasteiger partial charge >= 0.3 is 6.09 Å². The van der Waals surface area contributed by atoms with Crippen molar-refractivity contribution in [1.29, 1.82) is 0 Å². The van der Waals surface area contributed by atoms with Crippen LogP contribution in [0.4, 0.5) is 4.79 Å². The van der Waals surface area contributed by atoms with Crippen molar-refractivity contribution in [3.63, 3.8) is 0 Å². The molecule has 0 fully saturated rings. The fourth-order valence-electron chi connectivity index (χ4n) is 1.27. The average Bonchev–Trinajstić information content (AvgIpc) is 2.69. The first kappa shape index (κ1) is 9.33. The quantitative estimate of drug-likeness (QED) is 0.814. The molecule has 15 heavy (non-hydrogen) atoms. The molecule has 76 valence electrons. The third kappa shape index (κ3) is 2.17. The second-order valence-electron chi connectivity index (χ2n) is 2.93. The summed E-state index contributed by atoms with van der Waals surface area (Å²) in [6, 6.07) is 10.6. The Morgan fingerprint density at radius 2 is 2.13 bits per heavy atom. The SMILES string of the molecule is NC(=O)Oc1cccc(-c2ccco2)c1. The van der Waals surface area contributed by atoms with Crippen molar-refractivity contribution in [2.24, 2.45) is 5.73 Å². The van der Waals surface area contributed by atoms with Crippen LogP contribution in [-0.4, -0.2) is 6.09 Å². The highest BCUT2D eigenvalue weighted by atomic mass is 16.5. The summed E-state index contributed by atoms with van der Waals surface area (Å²) in [5.74, 6) is 1.11. The van der Waals surface area contributed by atoms with E-state index in [0.29, 0.717) is 11.5 Å². The molecule has 4 heteroatoms. The van der Waals surface area contributed by atoms with Crippen LogP contribution in [0.15, 0.2) is 47.1 Å². The summed E-state index contributed by atoms with van der Waals surface area (Å²) in [5, 5.41) is 0. The van der Waals surface area contributed by atoms with Gasteiger partial charge in [0.05, 0.1) is 6.26 Å². The third-order valence-electron chi connectivity index (χ3n) is 1.86. The lowest BCUT2D eigenvalue weighted by Gasteiger charge is -2.02. The highest BCUT2D eigenvalue weighted by Crippen LogP contribution is 2.23. The number of carbonyl (C=O) groups excluding carboxylic acids is 1. The minimum Gasteiger partial charge on any atom is -0.464 e. The molecule has 0 aliphatic rings. The van der Waals surface area contributed by atoms with Crippen molar-refractivity contribution in [3.8, 4) is 17.1 Å². The second-order valence-corrected chi connectivity index (χ2v) is 2.93. The number of carbonyl (C=O) groups is 1. The monoisotopic (exact) mass is 203 g/mol. The zero-order chi connectivity index (χ0) is 10.7. The topological polar surface area (TPSA) is 65.5 Å². The van der Waals surface area contributed by atoms with Gasteiger partial charge in [-0.25, -0.2) is 4.79 Å². The Kier molecular flexibility index (Phi) is 2.41. The molecule has 2 aromatic rings. The summed E-state index contributed by atoms with van der Waals surface area (Å²) >= 11 is 0. The summed E-state index contributed by atoms with van der Waals surface area (Å²) in [5.41, 5.74) is 5.74. The maximum Gasteiger partial charge on any atom is 0.409 e. The molecule has 1 heterocycles. The zero-order valence-electron chi connectivity index (χ0n) is 7.84. The highest BCUT2D eigenvalue weighted by Gasteiger charge is 2.03. The van der Waals surface area contributed by atoms with Crippen LogP contribution >= 0.6 is 0 Å². The van der Waals surface area contributed by atoms with Crippen LogP contribution in [0.1, 0.15) is 0 Å². The Labute approximate surface area is 86.3 Å². The van der Waals surface area contributed by atoms with E-state index in [1.165, 1.54) is 0 Å². The summed E-state index contributed by atoms with van der Waals surface area (Å²) in [7, 11) is 0. The number of furan rings is 1. The highest BCUT2D eigenvalue weighted by molar-refractivity contribution is 5.69. The molecule has 0 unspecified atom stereocenters. The van der Waals surface area contributed by atoms with Crippen LogP contribution in [0, 0.1) is 0 Å². The van der Waals surface area contributed by atoms with E-state index in [1.807, 2.05) is 12.1 Å². The van der Waals surface area contributed by atoms with Gasteiger partial charge in [0, 0.05) is 5.56 Å². The van der Waals surface area contributed by atoms with Crippen LogP contribution in [-0.2, 0) is 0 Å². The zero-order valence-corrected chi connectivity index (χ0v) is 7.84. The van der Waals surface area contributed by atoms with Crippen LogP contribution in [0.2, 0.25) is 0 Å². The predicted octanol–water partition coefficient (Wildman–Crippen LogP) is 2.40. The van der Waals surface area contributed by atoms with Crippen LogP contribution < -0.4 is 10.5 Å². The predicted molar refractivity (Wildman–Crippen MR) is 54.4 cm³/mol. The van der Waals surface area contributed by atoms with Crippen molar-refractivity contribution in [2.45, 2.75) is 0 Å². The number of ether oxygens (including phenoxy) is 1. The molecule has 2 rings (SSSR count). The van der Waals surface area contributed by atoms with E-state index in [0.717, 1.165) is 5.56 Å². The normalized spacial score (nSPS) is 9.87. The smallest absolute Gasteiger partial charge is 0.409 e. The molecule has 1 amide bonds. The van der Waals surface area contributed by atoms with Crippen LogP contribution in [0.25, 0.3) is 11.3 Å². The van der Waals surface area contributed by atoms with Gasteiger partial charge < -0.3 is 14.9 Å². The summed E-state index contributed by atoms with van der Waals surface area (Å²) < 4.78 is 9.96. The van der Waals surface area contributed by atoms with Gasteiger partial charge in [-0.2, -0.15) is 0 Å². The number of nitrogens with two attached hydrogens (primary N) is 1. The van der Waals surface area contributed by atoms with Crippen molar-refractivity contribution >= 4 is 6.09 Å². The standard InChI is InChI=1S/C11H9NO3/c12-11(13)15-9-4-1-3-8(7-9)10-5-2-6-14-10/h1-7H,(H2,12,13). The molecule has 1 aromatic carbocycles. The Morgan fingerprint density at radius 3 is 2.80 bits per heavy atom. The van der Waals surface area contributed by atoms with Crippen molar-refractivity contribution < 1.29 is 13.9 Å². The fraction of sp³-hybridized carbons (Fsp3) is 0. The molecular weight excluding hydrogens is 194 g/mol. The second kappa shape index (κ2) is 3.88. The first-order valence-electron chi connectivity index (χ1n) is 4.37. The van der Waals surface area contributed by atoms with Crippen molar-refractivity contribution in [1.82, 2.24) is 0 Å². The first-order chi connectivity index (χ1) is 7.25. The molecule has 0 bridgehead atoms. The molecular formula is C11H9NO3. The van der Waals surface area contributed by atoms with Gasteiger partial charge in [0.2, 0.25) is 0 Å². The van der Waals surface area contributed by atoms with E-state index in [4.69, 9.17) is 14.9 Å². The lowest BCUT2D eigenvalue weighted by Crippen LogP contribution is -2.16. The number of hydrogen-bond acceptors (Lipinski definition) is 3. The summed E-state index contributed by atoms with van der Waals surface area (Å²) in [6.45, 7) is 0. The Hall–Kier alpha value is -2.23. The van der Waals surface area contributed by atoms with E-state index in [2.05, 4.69) is 0 Å². The molecule has 0 aliphatic carbocycles. The lowest BCUT2D eigenvalue weighted by atomic mass is 10.2.